The van der Waals surface area contributed by atoms with Crippen molar-refractivity contribution in [3.05, 3.63) is 58.2 Å². The van der Waals surface area contributed by atoms with Crippen molar-refractivity contribution in [2.45, 2.75) is 6.92 Å². The summed E-state index contributed by atoms with van der Waals surface area (Å²) >= 11 is 9.23. The topological polar surface area (TPSA) is 43.6 Å². The Hall–Kier alpha value is -1.72. The van der Waals surface area contributed by atoms with Crippen LogP contribution in [0, 0.1) is 6.92 Å². The molecule has 0 aliphatic rings. The zero-order valence-corrected chi connectivity index (χ0v) is 12.9. The predicted molar refractivity (Wildman–Crippen MR) is 82.0 cm³/mol. The number of halogens is 2. The number of benzene rings is 1. The SMILES string of the molecule is Cc1cc(-c2ccc(Cl)cc2)nc(-n2cnc(Br)c2)n1. The Morgan fingerprint density at radius 2 is 1.90 bits per heavy atom. The summed E-state index contributed by atoms with van der Waals surface area (Å²) in [7, 11) is 0. The highest BCUT2D eigenvalue weighted by Gasteiger charge is 2.07. The van der Waals surface area contributed by atoms with Gasteiger partial charge in [-0.1, -0.05) is 23.7 Å². The molecule has 2 aromatic heterocycles. The maximum atomic E-state index is 5.91. The number of aryl methyl sites for hydroxylation is 1. The molecule has 3 rings (SSSR count). The molecular weight excluding hydrogens is 340 g/mol. The standard InChI is InChI=1S/C14H10BrClN4/c1-9-6-12(10-2-4-11(16)5-3-10)19-14(18-9)20-7-13(15)17-8-20/h2-8H,1H3. The summed E-state index contributed by atoms with van der Waals surface area (Å²) in [5, 5.41) is 0.707. The van der Waals surface area contributed by atoms with Crippen LogP contribution in [0.3, 0.4) is 0 Å². The van der Waals surface area contributed by atoms with E-state index in [1.807, 2.05) is 43.5 Å². The summed E-state index contributed by atoms with van der Waals surface area (Å²) < 4.78 is 2.52. The van der Waals surface area contributed by atoms with E-state index < -0.39 is 0 Å². The summed E-state index contributed by atoms with van der Waals surface area (Å²) in [6.07, 6.45) is 3.49. The highest BCUT2D eigenvalue weighted by molar-refractivity contribution is 9.10. The highest BCUT2D eigenvalue weighted by atomic mass is 79.9. The third-order valence-corrected chi connectivity index (χ3v) is 3.43. The molecule has 3 aromatic rings. The first-order chi connectivity index (χ1) is 9.61. The Morgan fingerprint density at radius 3 is 2.55 bits per heavy atom. The normalized spacial score (nSPS) is 10.8. The van der Waals surface area contributed by atoms with Crippen molar-refractivity contribution in [2.75, 3.05) is 0 Å². The van der Waals surface area contributed by atoms with Gasteiger partial charge in [-0.05, 0) is 41.1 Å². The Labute approximate surface area is 129 Å². The van der Waals surface area contributed by atoms with Gasteiger partial charge in [0.15, 0.2) is 0 Å². The van der Waals surface area contributed by atoms with E-state index in [0.29, 0.717) is 11.0 Å². The number of nitrogens with zero attached hydrogens (tertiary/aromatic N) is 4. The van der Waals surface area contributed by atoms with Crippen molar-refractivity contribution in [3.63, 3.8) is 0 Å². The average Bonchev–Trinajstić information content (AvgIpc) is 2.85. The summed E-state index contributed by atoms with van der Waals surface area (Å²) in [5.41, 5.74) is 2.75. The van der Waals surface area contributed by atoms with E-state index in [1.54, 1.807) is 10.9 Å². The highest BCUT2D eigenvalue weighted by Crippen LogP contribution is 2.21. The van der Waals surface area contributed by atoms with Gasteiger partial charge >= 0.3 is 0 Å². The van der Waals surface area contributed by atoms with Gasteiger partial charge in [0.25, 0.3) is 0 Å². The minimum absolute atomic E-state index is 0.591. The van der Waals surface area contributed by atoms with Crippen molar-refractivity contribution >= 4 is 27.5 Å². The molecule has 0 fully saturated rings. The summed E-state index contributed by atoms with van der Waals surface area (Å²) in [4.78, 5) is 13.1. The first kappa shape index (κ1) is 13.3. The number of aromatic nitrogens is 4. The van der Waals surface area contributed by atoms with Gasteiger partial charge in [-0.3, -0.25) is 4.57 Å². The van der Waals surface area contributed by atoms with Crippen molar-refractivity contribution in [1.29, 1.82) is 0 Å². The molecule has 20 heavy (non-hydrogen) atoms. The van der Waals surface area contributed by atoms with Crippen LogP contribution >= 0.6 is 27.5 Å². The minimum atomic E-state index is 0.591. The van der Waals surface area contributed by atoms with Crippen LogP contribution in [-0.4, -0.2) is 19.5 Å². The number of imidazole rings is 1. The van der Waals surface area contributed by atoms with Crippen LogP contribution in [-0.2, 0) is 0 Å². The Kier molecular flexibility index (Phi) is 3.54. The molecule has 0 aliphatic heterocycles. The van der Waals surface area contributed by atoms with E-state index in [4.69, 9.17) is 11.6 Å². The fourth-order valence-electron chi connectivity index (χ4n) is 1.85. The Morgan fingerprint density at radius 1 is 1.15 bits per heavy atom. The molecule has 0 unspecified atom stereocenters. The van der Waals surface area contributed by atoms with Crippen molar-refractivity contribution in [3.8, 4) is 17.2 Å². The van der Waals surface area contributed by atoms with Gasteiger partial charge < -0.3 is 0 Å². The van der Waals surface area contributed by atoms with Crippen molar-refractivity contribution in [1.82, 2.24) is 19.5 Å². The minimum Gasteiger partial charge on any atom is -0.273 e. The lowest BCUT2D eigenvalue weighted by Gasteiger charge is -2.06. The maximum Gasteiger partial charge on any atom is 0.235 e. The molecule has 0 bridgehead atoms. The zero-order valence-electron chi connectivity index (χ0n) is 10.6. The van der Waals surface area contributed by atoms with Crippen LogP contribution in [0.5, 0.6) is 0 Å². The monoisotopic (exact) mass is 348 g/mol. The largest absolute Gasteiger partial charge is 0.273 e. The molecule has 0 spiro atoms. The lowest BCUT2D eigenvalue weighted by molar-refractivity contribution is 0.912. The van der Waals surface area contributed by atoms with Gasteiger partial charge in [0, 0.05) is 22.5 Å². The van der Waals surface area contributed by atoms with E-state index in [0.717, 1.165) is 21.6 Å². The molecule has 100 valence electrons. The third-order valence-electron chi connectivity index (χ3n) is 2.76. The fraction of sp³-hybridized carbons (Fsp3) is 0.0714. The van der Waals surface area contributed by atoms with Gasteiger partial charge in [-0.15, -0.1) is 0 Å². The van der Waals surface area contributed by atoms with Crippen LogP contribution in [0.15, 0.2) is 47.5 Å². The van der Waals surface area contributed by atoms with Gasteiger partial charge in [-0.25, -0.2) is 15.0 Å². The van der Waals surface area contributed by atoms with E-state index >= 15 is 0 Å². The molecule has 0 radical (unpaired) electrons. The first-order valence-corrected chi connectivity index (χ1v) is 7.10. The van der Waals surface area contributed by atoms with Crippen molar-refractivity contribution < 1.29 is 0 Å². The summed E-state index contributed by atoms with van der Waals surface area (Å²) in [5.74, 6) is 0.591. The van der Waals surface area contributed by atoms with Gasteiger partial charge in [0.05, 0.1) is 5.69 Å². The van der Waals surface area contributed by atoms with Crippen molar-refractivity contribution in [2.24, 2.45) is 0 Å². The van der Waals surface area contributed by atoms with Crippen LogP contribution in [0.1, 0.15) is 5.69 Å². The average molecular weight is 350 g/mol. The first-order valence-electron chi connectivity index (χ1n) is 5.93. The maximum absolute atomic E-state index is 5.91. The van der Waals surface area contributed by atoms with Crippen LogP contribution in [0.2, 0.25) is 5.02 Å². The molecule has 2 heterocycles. The predicted octanol–water partition coefficient (Wildman–Crippen LogP) is 4.05. The molecule has 0 saturated heterocycles. The van der Waals surface area contributed by atoms with Gasteiger partial charge in [0.1, 0.15) is 10.9 Å². The third kappa shape index (κ3) is 2.73. The quantitative estimate of drug-likeness (QED) is 0.701. The molecule has 0 saturated carbocycles. The second kappa shape index (κ2) is 5.34. The smallest absolute Gasteiger partial charge is 0.235 e. The van der Waals surface area contributed by atoms with Crippen LogP contribution < -0.4 is 0 Å². The molecular formula is C14H10BrClN4. The van der Waals surface area contributed by atoms with E-state index in [-0.39, 0.29) is 0 Å². The molecule has 0 amide bonds. The second-order valence-electron chi connectivity index (χ2n) is 4.31. The Bertz CT molecular complexity index is 752. The van der Waals surface area contributed by atoms with Crippen LogP contribution in [0.4, 0.5) is 0 Å². The molecule has 0 atom stereocenters. The Balaban J connectivity index is 2.09. The van der Waals surface area contributed by atoms with Gasteiger partial charge in [-0.2, -0.15) is 0 Å². The lowest BCUT2D eigenvalue weighted by Crippen LogP contribution is -2.01. The van der Waals surface area contributed by atoms with E-state index in [1.165, 1.54) is 0 Å². The fourth-order valence-corrected chi connectivity index (χ4v) is 2.28. The van der Waals surface area contributed by atoms with E-state index in [2.05, 4.69) is 30.9 Å². The number of hydrogen-bond acceptors (Lipinski definition) is 3. The van der Waals surface area contributed by atoms with Gasteiger partial charge in [0.2, 0.25) is 5.95 Å². The number of rotatable bonds is 2. The molecule has 6 heteroatoms. The van der Waals surface area contributed by atoms with E-state index in [9.17, 15) is 0 Å². The number of hydrogen-bond donors (Lipinski definition) is 0. The van der Waals surface area contributed by atoms with Crippen LogP contribution in [0.25, 0.3) is 17.2 Å². The molecule has 0 aliphatic carbocycles. The summed E-state index contributed by atoms with van der Waals surface area (Å²) in [6.45, 7) is 1.94. The zero-order chi connectivity index (χ0) is 14.1. The molecule has 0 N–H and O–H groups in total. The molecule has 4 nitrogen and oxygen atoms in total. The second-order valence-corrected chi connectivity index (χ2v) is 5.55. The lowest BCUT2D eigenvalue weighted by atomic mass is 10.1. The summed E-state index contributed by atoms with van der Waals surface area (Å²) in [6, 6.07) is 9.53. The molecule has 1 aromatic carbocycles.